The lowest BCUT2D eigenvalue weighted by Crippen LogP contribution is -2.49. The summed E-state index contributed by atoms with van der Waals surface area (Å²) in [4.78, 5) is 43.4. The van der Waals surface area contributed by atoms with Crippen molar-refractivity contribution in [2.45, 2.75) is 44.2 Å². The molecule has 9 nitrogen and oxygen atoms in total. The van der Waals surface area contributed by atoms with E-state index in [1.807, 2.05) is 18.2 Å². The van der Waals surface area contributed by atoms with E-state index >= 15 is 0 Å². The molecule has 172 valence electrons. The molecule has 1 saturated carbocycles. The van der Waals surface area contributed by atoms with Gasteiger partial charge in [0.1, 0.15) is 23.5 Å². The molecule has 9 heteroatoms. The zero-order valence-electron chi connectivity index (χ0n) is 18.5. The topological polar surface area (TPSA) is 127 Å². The highest BCUT2D eigenvalue weighted by Crippen LogP contribution is 2.55. The second-order valence-corrected chi connectivity index (χ2v) is 9.46. The normalized spacial score (nSPS) is 23.9. The van der Waals surface area contributed by atoms with Gasteiger partial charge in [0, 0.05) is 29.9 Å². The molecule has 1 unspecified atom stereocenters. The number of methoxy groups -OCH3 is 1. The molecule has 1 aliphatic carbocycles. The van der Waals surface area contributed by atoms with E-state index < -0.39 is 12.1 Å². The number of amides is 3. The van der Waals surface area contributed by atoms with Crippen LogP contribution in [0.15, 0.2) is 24.3 Å². The van der Waals surface area contributed by atoms with E-state index in [0.29, 0.717) is 37.4 Å². The van der Waals surface area contributed by atoms with Crippen LogP contribution in [-0.2, 0) is 9.59 Å². The molecule has 3 amide bonds. The van der Waals surface area contributed by atoms with Crippen molar-refractivity contribution in [2.75, 3.05) is 20.2 Å². The molecule has 2 saturated heterocycles. The van der Waals surface area contributed by atoms with Crippen molar-refractivity contribution < 1.29 is 19.1 Å². The number of nitriles is 1. The number of fused-ring (bicyclic) bond motifs is 1. The van der Waals surface area contributed by atoms with Crippen LogP contribution >= 0.6 is 0 Å². The van der Waals surface area contributed by atoms with E-state index in [1.165, 1.54) is 0 Å². The molecule has 2 aliphatic heterocycles. The van der Waals surface area contributed by atoms with Crippen molar-refractivity contribution >= 4 is 28.6 Å². The number of aromatic nitrogens is 1. The molecule has 0 radical (unpaired) electrons. The summed E-state index contributed by atoms with van der Waals surface area (Å²) in [7, 11) is 1.59. The van der Waals surface area contributed by atoms with Crippen molar-refractivity contribution in [3.8, 4) is 11.8 Å². The predicted octanol–water partition coefficient (Wildman–Crippen LogP) is 1.71. The molecule has 1 aromatic carbocycles. The number of H-pyrrole nitrogens is 1. The van der Waals surface area contributed by atoms with Crippen LogP contribution < -0.4 is 15.4 Å². The summed E-state index contributed by atoms with van der Waals surface area (Å²) in [5, 5.41) is 15.9. The maximum Gasteiger partial charge on any atom is 0.271 e. The summed E-state index contributed by atoms with van der Waals surface area (Å²) >= 11 is 0. The van der Waals surface area contributed by atoms with Gasteiger partial charge in [-0.1, -0.05) is 6.07 Å². The second-order valence-electron chi connectivity index (χ2n) is 9.46. The lowest BCUT2D eigenvalue weighted by atomic mass is 9.98. The van der Waals surface area contributed by atoms with Crippen molar-refractivity contribution in [2.24, 2.45) is 11.3 Å². The van der Waals surface area contributed by atoms with Crippen LogP contribution in [0.1, 0.15) is 42.6 Å². The molecule has 5 rings (SSSR count). The predicted molar refractivity (Wildman–Crippen MR) is 119 cm³/mol. The Hall–Kier alpha value is -3.54. The van der Waals surface area contributed by atoms with Crippen LogP contribution in [-0.4, -0.2) is 59.9 Å². The highest BCUT2D eigenvalue weighted by atomic mass is 16.5. The Bertz CT molecular complexity index is 1160. The fraction of sp³-hybridized carbons (Fsp3) is 0.500. The van der Waals surface area contributed by atoms with Crippen molar-refractivity contribution in [3.63, 3.8) is 0 Å². The maximum absolute atomic E-state index is 13.5. The standard InChI is InChI=1S/C24H27N5O4/c1-33-20-4-2-3-17-16(20)10-18(28-17)23(32)29-13-24(6-7-24)11-19(29)22(31)27-15(12-25)9-14-5-8-26-21(14)30/h2-4,10,14-15,19,28H,5-9,11,13H2,1H3,(H,26,30)(H,27,31)/t14-,15-,19?/m0/s1. The number of likely N-dealkylation sites (tertiary alicyclic amines) is 1. The first kappa shape index (κ1) is 21.3. The molecule has 3 atom stereocenters. The van der Waals surface area contributed by atoms with Crippen LogP contribution in [0.5, 0.6) is 5.75 Å². The number of rotatable bonds is 6. The van der Waals surface area contributed by atoms with Crippen LogP contribution in [0.2, 0.25) is 0 Å². The summed E-state index contributed by atoms with van der Waals surface area (Å²) in [6.07, 6.45) is 3.52. The van der Waals surface area contributed by atoms with Crippen LogP contribution in [0.3, 0.4) is 0 Å². The van der Waals surface area contributed by atoms with Crippen LogP contribution in [0.4, 0.5) is 0 Å². The minimum Gasteiger partial charge on any atom is -0.496 e. The molecule has 3 heterocycles. The lowest BCUT2D eigenvalue weighted by molar-refractivity contribution is -0.126. The summed E-state index contributed by atoms with van der Waals surface area (Å²) in [6.45, 7) is 1.12. The molecular weight excluding hydrogens is 422 g/mol. The monoisotopic (exact) mass is 449 g/mol. The minimum absolute atomic E-state index is 0.00511. The Labute approximate surface area is 191 Å². The van der Waals surface area contributed by atoms with E-state index in [0.717, 1.165) is 23.7 Å². The number of carbonyl (C=O) groups is 3. The van der Waals surface area contributed by atoms with E-state index in [9.17, 15) is 19.6 Å². The number of carbonyl (C=O) groups excluding carboxylic acids is 3. The third-order valence-corrected chi connectivity index (χ3v) is 7.26. The van der Waals surface area contributed by atoms with Crippen molar-refractivity contribution in [1.82, 2.24) is 20.5 Å². The minimum atomic E-state index is -0.767. The number of ether oxygens (including phenoxy) is 1. The first-order chi connectivity index (χ1) is 15.9. The molecule has 3 N–H and O–H groups in total. The van der Waals surface area contributed by atoms with E-state index in [-0.39, 0.29) is 35.5 Å². The molecule has 2 aromatic rings. The zero-order chi connectivity index (χ0) is 23.2. The van der Waals surface area contributed by atoms with E-state index in [1.54, 1.807) is 18.1 Å². The first-order valence-electron chi connectivity index (χ1n) is 11.4. The quantitative estimate of drug-likeness (QED) is 0.619. The lowest BCUT2D eigenvalue weighted by Gasteiger charge is -2.25. The molecular formula is C24H27N5O4. The Morgan fingerprint density at radius 3 is 2.88 bits per heavy atom. The first-order valence-corrected chi connectivity index (χ1v) is 11.4. The van der Waals surface area contributed by atoms with Gasteiger partial charge < -0.3 is 25.3 Å². The van der Waals surface area contributed by atoms with Gasteiger partial charge in [0.15, 0.2) is 0 Å². The zero-order valence-corrected chi connectivity index (χ0v) is 18.5. The van der Waals surface area contributed by atoms with Crippen molar-refractivity contribution in [3.05, 3.63) is 30.0 Å². The van der Waals surface area contributed by atoms with Crippen molar-refractivity contribution in [1.29, 1.82) is 5.26 Å². The molecule has 0 bridgehead atoms. The van der Waals surface area contributed by atoms with E-state index in [2.05, 4.69) is 21.7 Å². The number of hydrogen-bond acceptors (Lipinski definition) is 5. The molecule has 3 fully saturated rings. The maximum atomic E-state index is 13.5. The second kappa shape index (κ2) is 8.10. The van der Waals surface area contributed by atoms with Gasteiger partial charge in [0.25, 0.3) is 5.91 Å². The fourth-order valence-corrected chi connectivity index (χ4v) is 5.18. The molecule has 33 heavy (non-hydrogen) atoms. The summed E-state index contributed by atoms with van der Waals surface area (Å²) < 4.78 is 5.40. The smallest absolute Gasteiger partial charge is 0.271 e. The van der Waals surface area contributed by atoms with Gasteiger partial charge in [0.05, 0.1) is 13.2 Å². The van der Waals surface area contributed by atoms with E-state index in [4.69, 9.17) is 4.74 Å². The SMILES string of the molecule is COc1cccc2[nH]c(C(=O)N3CC4(CC4)CC3C(=O)N[C@H](C#N)C[C@@H]3CCNC3=O)cc12. The number of aromatic amines is 1. The number of benzene rings is 1. The summed E-state index contributed by atoms with van der Waals surface area (Å²) in [5.41, 5.74) is 1.19. The summed E-state index contributed by atoms with van der Waals surface area (Å²) in [5.74, 6) is -0.239. The molecule has 3 aliphatic rings. The number of nitrogens with zero attached hydrogens (tertiary/aromatic N) is 2. The van der Waals surface area contributed by atoms with Gasteiger partial charge >= 0.3 is 0 Å². The third kappa shape index (κ3) is 3.90. The fourth-order valence-electron chi connectivity index (χ4n) is 5.18. The molecule has 1 spiro atoms. The van der Waals surface area contributed by atoms with Crippen LogP contribution in [0.25, 0.3) is 10.9 Å². The van der Waals surface area contributed by atoms with Gasteiger partial charge in [-0.2, -0.15) is 5.26 Å². The molecule has 1 aromatic heterocycles. The largest absolute Gasteiger partial charge is 0.496 e. The Balaban J connectivity index is 1.34. The highest BCUT2D eigenvalue weighted by molar-refractivity contribution is 6.02. The van der Waals surface area contributed by atoms with Gasteiger partial charge in [-0.05, 0) is 55.7 Å². The van der Waals surface area contributed by atoms with Gasteiger partial charge in [0.2, 0.25) is 11.8 Å². The van der Waals surface area contributed by atoms with Gasteiger partial charge in [-0.15, -0.1) is 0 Å². The van der Waals surface area contributed by atoms with Gasteiger partial charge in [-0.3, -0.25) is 14.4 Å². The highest BCUT2D eigenvalue weighted by Gasteiger charge is 2.55. The summed E-state index contributed by atoms with van der Waals surface area (Å²) in [6, 6.07) is 8.03. The number of nitrogens with one attached hydrogen (secondary N) is 3. The van der Waals surface area contributed by atoms with Crippen LogP contribution in [0, 0.1) is 22.7 Å². The average Bonchev–Trinajstić information content (AvgIpc) is 3.13. The Kier molecular flexibility index (Phi) is 5.23. The third-order valence-electron chi connectivity index (χ3n) is 7.26. The average molecular weight is 450 g/mol. The Morgan fingerprint density at radius 1 is 1.39 bits per heavy atom. The number of hydrogen-bond donors (Lipinski definition) is 3. The Morgan fingerprint density at radius 2 is 2.21 bits per heavy atom. The van der Waals surface area contributed by atoms with Gasteiger partial charge in [-0.25, -0.2) is 0 Å².